The number of benzene rings is 1. The van der Waals surface area contributed by atoms with Gasteiger partial charge in [-0.1, -0.05) is 42.1 Å². The lowest BCUT2D eigenvalue weighted by atomic mass is 10.2. The fourth-order valence-corrected chi connectivity index (χ4v) is 4.78. The maximum Gasteiger partial charge on any atom is 0.165 e. The largest absolute Gasteiger partial charge is 0.337 e. The number of pyridine rings is 1. The summed E-state index contributed by atoms with van der Waals surface area (Å²) in [6.07, 6.45) is 3.78. The van der Waals surface area contributed by atoms with E-state index < -0.39 is 0 Å². The fraction of sp³-hybridized carbons (Fsp3) is 0.333. The van der Waals surface area contributed by atoms with Crippen molar-refractivity contribution >= 4 is 23.5 Å². The number of nitrogens with zero attached hydrogens (tertiary/aromatic N) is 3. The van der Waals surface area contributed by atoms with Crippen LogP contribution in [0.3, 0.4) is 0 Å². The van der Waals surface area contributed by atoms with Crippen molar-refractivity contribution in [3.63, 3.8) is 0 Å². The predicted octanol–water partition coefficient (Wildman–Crippen LogP) is 4.94. The smallest absolute Gasteiger partial charge is 0.165 e. The van der Waals surface area contributed by atoms with Crippen LogP contribution in [0.1, 0.15) is 22.5 Å². The Labute approximate surface area is 170 Å². The molecule has 1 aromatic carbocycles. The van der Waals surface area contributed by atoms with Gasteiger partial charge < -0.3 is 9.88 Å². The van der Waals surface area contributed by atoms with E-state index in [9.17, 15) is 0 Å². The van der Waals surface area contributed by atoms with Crippen LogP contribution in [0.2, 0.25) is 0 Å². The van der Waals surface area contributed by atoms with E-state index in [2.05, 4.69) is 70.2 Å². The van der Waals surface area contributed by atoms with Gasteiger partial charge in [0.25, 0.3) is 0 Å². The molecule has 6 heteroatoms. The fourth-order valence-electron chi connectivity index (χ4n) is 2.75. The molecule has 0 radical (unpaired) electrons. The maximum atomic E-state index is 4.57. The van der Waals surface area contributed by atoms with E-state index in [0.717, 1.165) is 41.1 Å². The molecule has 27 heavy (non-hydrogen) atoms. The van der Waals surface area contributed by atoms with Crippen LogP contribution < -0.4 is 0 Å². The van der Waals surface area contributed by atoms with Crippen LogP contribution in [0.25, 0.3) is 0 Å². The molecule has 0 aliphatic heterocycles. The second-order valence-electron chi connectivity index (χ2n) is 6.61. The van der Waals surface area contributed by atoms with E-state index in [-0.39, 0.29) is 0 Å². The third-order valence-electron chi connectivity index (χ3n) is 4.31. The van der Waals surface area contributed by atoms with Crippen molar-refractivity contribution in [3.8, 4) is 0 Å². The van der Waals surface area contributed by atoms with Crippen LogP contribution in [0.15, 0.2) is 58.8 Å². The van der Waals surface area contributed by atoms with Crippen LogP contribution in [0.5, 0.6) is 0 Å². The van der Waals surface area contributed by atoms with Gasteiger partial charge in [0, 0.05) is 47.6 Å². The second kappa shape index (κ2) is 9.97. The molecule has 0 unspecified atom stereocenters. The molecule has 0 aliphatic carbocycles. The molecular weight excluding hydrogens is 372 g/mol. The van der Waals surface area contributed by atoms with Gasteiger partial charge in [-0.2, -0.15) is 0 Å². The van der Waals surface area contributed by atoms with E-state index in [1.165, 1.54) is 16.0 Å². The van der Waals surface area contributed by atoms with Crippen LogP contribution in [-0.4, -0.2) is 39.2 Å². The van der Waals surface area contributed by atoms with Crippen LogP contribution in [-0.2, 0) is 12.3 Å². The Morgan fingerprint density at radius 1 is 1.04 bits per heavy atom. The minimum absolute atomic E-state index is 0.834. The van der Waals surface area contributed by atoms with E-state index in [0.29, 0.717) is 0 Å². The highest BCUT2D eigenvalue weighted by Crippen LogP contribution is 2.27. The zero-order valence-corrected chi connectivity index (χ0v) is 17.7. The summed E-state index contributed by atoms with van der Waals surface area (Å²) < 4.78 is 0. The van der Waals surface area contributed by atoms with Crippen molar-refractivity contribution in [1.82, 2.24) is 19.9 Å². The summed E-state index contributed by atoms with van der Waals surface area (Å²) in [6.45, 7) is 6.23. The highest BCUT2D eigenvalue weighted by Gasteiger charge is 2.09. The maximum absolute atomic E-state index is 4.57. The first-order chi connectivity index (χ1) is 13.1. The minimum atomic E-state index is 0.834. The zero-order chi connectivity index (χ0) is 19.1. The number of imidazole rings is 1. The first-order valence-corrected chi connectivity index (χ1v) is 11.0. The zero-order valence-electron chi connectivity index (χ0n) is 16.1. The Morgan fingerprint density at radius 3 is 2.59 bits per heavy atom. The number of thioether (sulfide) groups is 2. The molecule has 0 atom stereocenters. The molecule has 2 aromatic heterocycles. The quantitative estimate of drug-likeness (QED) is 0.517. The highest BCUT2D eigenvalue weighted by molar-refractivity contribution is 7.99. The number of nitrogens with one attached hydrogen (secondary N) is 1. The van der Waals surface area contributed by atoms with E-state index in [1.807, 2.05) is 31.1 Å². The molecule has 0 bridgehead atoms. The molecule has 0 saturated carbocycles. The Morgan fingerprint density at radius 2 is 1.85 bits per heavy atom. The molecule has 0 amide bonds. The summed E-state index contributed by atoms with van der Waals surface area (Å²) in [6, 6.07) is 12.8. The van der Waals surface area contributed by atoms with Gasteiger partial charge in [-0.15, -0.1) is 11.8 Å². The van der Waals surface area contributed by atoms with E-state index >= 15 is 0 Å². The van der Waals surface area contributed by atoms with Crippen LogP contribution >= 0.6 is 23.5 Å². The molecule has 142 valence electrons. The van der Waals surface area contributed by atoms with Crippen molar-refractivity contribution in [2.75, 3.05) is 19.3 Å². The van der Waals surface area contributed by atoms with Gasteiger partial charge in [-0.05, 0) is 38.1 Å². The molecule has 0 aliphatic rings. The summed E-state index contributed by atoms with van der Waals surface area (Å²) in [5, 5.41) is 0.953. The lowest BCUT2D eigenvalue weighted by Gasteiger charge is -2.17. The monoisotopic (exact) mass is 398 g/mol. The van der Waals surface area contributed by atoms with Crippen molar-refractivity contribution < 1.29 is 0 Å². The first-order valence-electron chi connectivity index (χ1n) is 9.06. The van der Waals surface area contributed by atoms with E-state index in [1.54, 1.807) is 11.8 Å². The first kappa shape index (κ1) is 20.0. The number of aromatic amines is 1. The Hall–Kier alpha value is -1.76. The van der Waals surface area contributed by atoms with Crippen molar-refractivity contribution in [2.45, 2.75) is 36.2 Å². The summed E-state index contributed by atoms with van der Waals surface area (Å²) in [5.74, 6) is 1.90. The van der Waals surface area contributed by atoms with Gasteiger partial charge in [0.1, 0.15) is 0 Å². The van der Waals surface area contributed by atoms with Crippen molar-refractivity contribution in [3.05, 3.63) is 71.3 Å². The molecule has 0 saturated heterocycles. The van der Waals surface area contributed by atoms with Crippen LogP contribution in [0.4, 0.5) is 0 Å². The standard InChI is InChI=1S/C21H26N4S2/c1-16-13-23-21(24-16)27-15-19-17(2)20(9-10-22-19)26-12-11-25(3)14-18-7-5-4-6-8-18/h4-10,13H,11-12,14-15H2,1-3H3,(H,23,24). The average molecular weight is 399 g/mol. The van der Waals surface area contributed by atoms with Gasteiger partial charge in [0.05, 0.1) is 5.69 Å². The lowest BCUT2D eigenvalue weighted by Crippen LogP contribution is -2.20. The van der Waals surface area contributed by atoms with Crippen molar-refractivity contribution in [2.24, 2.45) is 0 Å². The van der Waals surface area contributed by atoms with Gasteiger partial charge in [0.15, 0.2) is 5.16 Å². The highest BCUT2D eigenvalue weighted by atomic mass is 32.2. The third-order valence-corrected chi connectivity index (χ3v) is 6.35. The SMILES string of the molecule is Cc1cnc(SCc2nccc(SCCN(C)Cc3ccccc3)c2C)[nH]1. The number of hydrogen-bond donors (Lipinski definition) is 1. The Bertz CT molecular complexity index is 848. The topological polar surface area (TPSA) is 44.8 Å². The van der Waals surface area contributed by atoms with Gasteiger partial charge in [0.2, 0.25) is 0 Å². The summed E-state index contributed by atoms with van der Waals surface area (Å²) >= 11 is 3.61. The second-order valence-corrected chi connectivity index (χ2v) is 8.71. The van der Waals surface area contributed by atoms with E-state index in [4.69, 9.17) is 0 Å². The number of hydrogen-bond acceptors (Lipinski definition) is 5. The molecule has 0 spiro atoms. The normalized spacial score (nSPS) is 11.3. The van der Waals surface area contributed by atoms with Gasteiger partial charge in [-0.25, -0.2) is 4.98 Å². The third kappa shape index (κ3) is 6.13. The summed E-state index contributed by atoms with van der Waals surface area (Å²) in [7, 11) is 2.18. The molecule has 2 heterocycles. The summed E-state index contributed by atoms with van der Waals surface area (Å²) in [5.41, 5.74) is 4.87. The molecular formula is C21H26N4S2. The predicted molar refractivity (Wildman–Crippen MR) is 115 cm³/mol. The molecule has 3 aromatic rings. The van der Waals surface area contributed by atoms with Gasteiger partial charge in [-0.3, -0.25) is 4.98 Å². The molecule has 4 nitrogen and oxygen atoms in total. The summed E-state index contributed by atoms with van der Waals surface area (Å²) in [4.78, 5) is 15.9. The van der Waals surface area contributed by atoms with Crippen LogP contribution in [0, 0.1) is 13.8 Å². The average Bonchev–Trinajstić information content (AvgIpc) is 3.08. The molecule has 1 N–H and O–H groups in total. The number of aryl methyl sites for hydroxylation is 1. The molecule has 0 fully saturated rings. The minimum Gasteiger partial charge on any atom is -0.337 e. The Kier molecular flexibility index (Phi) is 7.38. The lowest BCUT2D eigenvalue weighted by molar-refractivity contribution is 0.348. The Balaban J connectivity index is 1.49. The number of H-pyrrole nitrogens is 1. The molecule has 3 rings (SSSR count). The van der Waals surface area contributed by atoms with Crippen molar-refractivity contribution in [1.29, 1.82) is 0 Å². The number of rotatable bonds is 9. The number of aromatic nitrogens is 3. The van der Waals surface area contributed by atoms with Gasteiger partial charge >= 0.3 is 0 Å².